The van der Waals surface area contributed by atoms with Crippen molar-refractivity contribution in [3.63, 3.8) is 0 Å². The van der Waals surface area contributed by atoms with E-state index in [0.717, 1.165) is 37.7 Å². The van der Waals surface area contributed by atoms with Crippen molar-refractivity contribution < 1.29 is 19.2 Å². The smallest absolute Gasteiger partial charge is 0.253 e. The zero-order chi connectivity index (χ0) is 20.6. The zero-order valence-corrected chi connectivity index (χ0v) is 16.4. The number of carbonyl (C=O) groups excluding carboxylic acids is 1. The van der Waals surface area contributed by atoms with Crippen LogP contribution in [0.1, 0.15) is 40.7 Å². The summed E-state index contributed by atoms with van der Waals surface area (Å²) in [4.78, 5) is 24.4. The fourth-order valence-electron chi connectivity index (χ4n) is 3.24. The van der Waals surface area contributed by atoms with E-state index in [1.807, 2.05) is 29.2 Å². The Bertz CT molecular complexity index is 887. The van der Waals surface area contributed by atoms with E-state index >= 15 is 0 Å². The Kier molecular flexibility index (Phi) is 6.84. The number of hydrogen-bond donors (Lipinski definition) is 0. The van der Waals surface area contributed by atoms with Crippen LogP contribution in [-0.4, -0.2) is 35.9 Å². The van der Waals surface area contributed by atoms with E-state index < -0.39 is 4.92 Å². The minimum Gasteiger partial charge on any atom is -0.493 e. The number of ether oxygens (including phenoxy) is 2. The molecule has 1 fully saturated rings. The first-order chi connectivity index (χ1) is 14.1. The maximum atomic E-state index is 12.5. The quantitative estimate of drug-likeness (QED) is 0.519. The SMILES string of the molecule is COc1cc(/C=C\[N+](=O)[O-])ccc1OCc1ccc(C(=O)N2CCCCC2)cc1. The lowest BCUT2D eigenvalue weighted by atomic mass is 10.1. The first-order valence-electron chi connectivity index (χ1n) is 9.57. The van der Waals surface area contributed by atoms with Crippen molar-refractivity contribution in [1.29, 1.82) is 0 Å². The molecule has 0 bridgehead atoms. The molecule has 29 heavy (non-hydrogen) atoms. The minimum atomic E-state index is -0.517. The Morgan fingerprint density at radius 1 is 1.10 bits per heavy atom. The number of amides is 1. The average molecular weight is 396 g/mol. The van der Waals surface area contributed by atoms with Crippen LogP contribution < -0.4 is 9.47 Å². The van der Waals surface area contributed by atoms with E-state index in [9.17, 15) is 14.9 Å². The summed E-state index contributed by atoms with van der Waals surface area (Å²) in [6.45, 7) is 1.98. The Morgan fingerprint density at radius 2 is 1.83 bits per heavy atom. The van der Waals surface area contributed by atoms with Gasteiger partial charge in [0.1, 0.15) is 6.61 Å². The van der Waals surface area contributed by atoms with Gasteiger partial charge in [0, 0.05) is 24.7 Å². The van der Waals surface area contributed by atoms with Gasteiger partial charge in [-0.25, -0.2) is 0 Å². The van der Waals surface area contributed by atoms with E-state index in [0.29, 0.717) is 29.2 Å². The highest BCUT2D eigenvalue weighted by Crippen LogP contribution is 2.29. The number of nitrogens with zero attached hydrogens (tertiary/aromatic N) is 2. The third kappa shape index (κ3) is 5.57. The predicted octanol–water partition coefficient (Wildman–Crippen LogP) is 4.15. The van der Waals surface area contributed by atoms with E-state index in [-0.39, 0.29) is 5.91 Å². The van der Waals surface area contributed by atoms with Crippen LogP contribution in [0.5, 0.6) is 11.5 Å². The van der Waals surface area contributed by atoms with Gasteiger partial charge in [0.15, 0.2) is 11.5 Å². The van der Waals surface area contributed by atoms with Crippen molar-refractivity contribution in [2.75, 3.05) is 20.2 Å². The van der Waals surface area contributed by atoms with Gasteiger partial charge < -0.3 is 14.4 Å². The van der Waals surface area contributed by atoms with Crippen LogP contribution in [-0.2, 0) is 6.61 Å². The number of likely N-dealkylation sites (tertiary alicyclic amines) is 1. The molecule has 0 radical (unpaired) electrons. The highest BCUT2D eigenvalue weighted by Gasteiger charge is 2.17. The van der Waals surface area contributed by atoms with Gasteiger partial charge in [0.05, 0.1) is 12.0 Å². The molecule has 152 valence electrons. The zero-order valence-electron chi connectivity index (χ0n) is 16.4. The van der Waals surface area contributed by atoms with Gasteiger partial charge in [0.2, 0.25) is 6.20 Å². The lowest BCUT2D eigenvalue weighted by molar-refractivity contribution is -0.400. The molecule has 1 saturated heterocycles. The molecule has 1 aliphatic rings. The van der Waals surface area contributed by atoms with Crippen LogP contribution in [0.15, 0.2) is 48.7 Å². The Hall–Kier alpha value is -3.35. The third-order valence-corrected chi connectivity index (χ3v) is 4.81. The highest BCUT2D eigenvalue weighted by molar-refractivity contribution is 5.94. The minimum absolute atomic E-state index is 0.0807. The van der Waals surface area contributed by atoms with Crippen LogP contribution in [0.25, 0.3) is 6.08 Å². The number of nitro groups is 1. The Balaban J connectivity index is 1.62. The van der Waals surface area contributed by atoms with Crippen molar-refractivity contribution in [2.45, 2.75) is 25.9 Å². The number of methoxy groups -OCH3 is 1. The summed E-state index contributed by atoms with van der Waals surface area (Å²) in [5.41, 5.74) is 2.27. The topological polar surface area (TPSA) is 81.9 Å². The molecule has 1 heterocycles. The van der Waals surface area contributed by atoms with Crippen LogP contribution in [0, 0.1) is 10.1 Å². The summed E-state index contributed by atoms with van der Waals surface area (Å²) in [6.07, 6.45) is 5.60. The molecular formula is C22H24N2O5. The van der Waals surface area contributed by atoms with Crippen molar-refractivity contribution in [3.05, 3.63) is 75.5 Å². The number of hydrogen-bond acceptors (Lipinski definition) is 5. The molecule has 0 unspecified atom stereocenters. The molecule has 1 amide bonds. The van der Waals surface area contributed by atoms with Crippen LogP contribution in [0.3, 0.4) is 0 Å². The van der Waals surface area contributed by atoms with Gasteiger partial charge in [-0.15, -0.1) is 0 Å². The van der Waals surface area contributed by atoms with E-state index in [1.165, 1.54) is 19.6 Å². The molecule has 2 aromatic rings. The lowest BCUT2D eigenvalue weighted by Gasteiger charge is -2.26. The fraction of sp³-hybridized carbons (Fsp3) is 0.318. The summed E-state index contributed by atoms with van der Waals surface area (Å²) in [6, 6.07) is 12.5. The largest absolute Gasteiger partial charge is 0.493 e. The molecule has 1 aliphatic heterocycles. The predicted molar refractivity (Wildman–Crippen MR) is 110 cm³/mol. The van der Waals surface area contributed by atoms with Crippen molar-refractivity contribution in [3.8, 4) is 11.5 Å². The second kappa shape index (κ2) is 9.73. The average Bonchev–Trinajstić information content (AvgIpc) is 2.77. The molecule has 3 rings (SSSR count). The number of rotatable bonds is 7. The molecule has 0 aromatic heterocycles. The summed E-state index contributed by atoms with van der Waals surface area (Å²) in [5, 5.41) is 10.4. The molecule has 2 aromatic carbocycles. The molecule has 7 heteroatoms. The maximum absolute atomic E-state index is 12.5. The van der Waals surface area contributed by atoms with Crippen LogP contribution in [0.4, 0.5) is 0 Å². The molecule has 0 N–H and O–H groups in total. The van der Waals surface area contributed by atoms with Crippen molar-refractivity contribution >= 4 is 12.0 Å². The van der Waals surface area contributed by atoms with Gasteiger partial charge in [-0.1, -0.05) is 18.2 Å². The monoisotopic (exact) mass is 396 g/mol. The highest BCUT2D eigenvalue weighted by atomic mass is 16.6. The fourth-order valence-corrected chi connectivity index (χ4v) is 3.24. The maximum Gasteiger partial charge on any atom is 0.253 e. The molecule has 0 atom stereocenters. The number of carbonyl (C=O) groups is 1. The first-order valence-corrected chi connectivity index (χ1v) is 9.57. The van der Waals surface area contributed by atoms with Crippen molar-refractivity contribution in [1.82, 2.24) is 4.90 Å². The molecule has 0 aliphatic carbocycles. The standard InChI is InChI=1S/C22H24N2O5/c1-28-21-15-17(11-14-24(26)27)7-10-20(21)29-16-18-5-8-19(9-6-18)22(25)23-12-3-2-4-13-23/h5-11,14-15H,2-4,12-13,16H2,1H3/b14-11-. The van der Waals surface area contributed by atoms with Gasteiger partial charge in [-0.2, -0.15) is 0 Å². The lowest BCUT2D eigenvalue weighted by Crippen LogP contribution is -2.35. The van der Waals surface area contributed by atoms with Gasteiger partial charge >= 0.3 is 0 Å². The van der Waals surface area contributed by atoms with Crippen LogP contribution >= 0.6 is 0 Å². The summed E-state index contributed by atoms with van der Waals surface area (Å²) >= 11 is 0. The van der Waals surface area contributed by atoms with Gasteiger partial charge in [0.25, 0.3) is 5.91 Å². The van der Waals surface area contributed by atoms with E-state index in [2.05, 4.69) is 0 Å². The Morgan fingerprint density at radius 3 is 2.48 bits per heavy atom. The number of benzene rings is 2. The van der Waals surface area contributed by atoms with Gasteiger partial charge in [-0.3, -0.25) is 14.9 Å². The van der Waals surface area contributed by atoms with Crippen molar-refractivity contribution in [2.24, 2.45) is 0 Å². The molecular weight excluding hydrogens is 372 g/mol. The summed E-state index contributed by atoms with van der Waals surface area (Å²) < 4.78 is 11.2. The first kappa shape index (κ1) is 20.4. The molecule has 0 saturated carbocycles. The number of piperidine rings is 1. The van der Waals surface area contributed by atoms with Crippen LogP contribution in [0.2, 0.25) is 0 Å². The van der Waals surface area contributed by atoms with E-state index in [1.54, 1.807) is 18.2 Å². The second-order valence-corrected chi connectivity index (χ2v) is 6.85. The summed E-state index contributed by atoms with van der Waals surface area (Å²) in [5.74, 6) is 1.11. The van der Waals surface area contributed by atoms with E-state index in [4.69, 9.17) is 9.47 Å². The normalized spacial score (nSPS) is 14.0. The Labute approximate surface area is 169 Å². The molecule has 7 nitrogen and oxygen atoms in total. The third-order valence-electron chi connectivity index (χ3n) is 4.81. The summed E-state index contributed by atoms with van der Waals surface area (Å²) in [7, 11) is 1.52. The second-order valence-electron chi connectivity index (χ2n) is 6.85. The van der Waals surface area contributed by atoms with Gasteiger partial charge in [-0.05, 0) is 54.7 Å². The molecule has 0 spiro atoms.